The van der Waals surface area contributed by atoms with Gasteiger partial charge in [0.15, 0.2) is 0 Å². The third-order valence-electron chi connectivity index (χ3n) is 5.33. The van der Waals surface area contributed by atoms with Crippen LogP contribution in [0, 0.1) is 6.92 Å². The molecule has 0 radical (unpaired) electrons. The van der Waals surface area contributed by atoms with E-state index < -0.39 is 23.5 Å². The standard InChI is InChI=1S/C24H17Cl3N2O4/c1-12-8-14(25)5-6-18(12)29-20(13-4-3-7-28-11-13)19(22(31)24(29)32)21(30)16-9-15(26)10-17(27)23(16)33-2/h3-11,20,30H,1-2H3/b21-19+. The van der Waals surface area contributed by atoms with Gasteiger partial charge >= 0.3 is 0 Å². The molecule has 0 bridgehead atoms. The maximum Gasteiger partial charge on any atom is 0.300 e. The van der Waals surface area contributed by atoms with Crippen LogP contribution in [0.15, 0.2) is 60.4 Å². The van der Waals surface area contributed by atoms with Gasteiger partial charge in [0.1, 0.15) is 11.5 Å². The molecule has 1 fully saturated rings. The Balaban J connectivity index is 2.02. The monoisotopic (exact) mass is 502 g/mol. The van der Waals surface area contributed by atoms with Crippen molar-refractivity contribution in [1.29, 1.82) is 0 Å². The van der Waals surface area contributed by atoms with Crippen molar-refractivity contribution in [2.45, 2.75) is 13.0 Å². The molecule has 1 aliphatic rings. The Bertz CT molecular complexity index is 1310. The number of Topliss-reactive ketones (excluding diaryl/α,β-unsaturated/α-hetero) is 1. The third kappa shape index (κ3) is 4.06. The van der Waals surface area contributed by atoms with E-state index in [0.717, 1.165) is 0 Å². The lowest BCUT2D eigenvalue weighted by Gasteiger charge is -2.26. The number of benzene rings is 2. The van der Waals surface area contributed by atoms with Crippen molar-refractivity contribution in [2.75, 3.05) is 12.0 Å². The molecule has 1 aliphatic heterocycles. The van der Waals surface area contributed by atoms with Crippen molar-refractivity contribution in [1.82, 2.24) is 4.98 Å². The highest BCUT2D eigenvalue weighted by Gasteiger charge is 2.47. The molecular weight excluding hydrogens is 487 g/mol. The van der Waals surface area contributed by atoms with Crippen LogP contribution in [0.5, 0.6) is 5.75 Å². The minimum atomic E-state index is -0.957. The lowest BCUT2D eigenvalue weighted by molar-refractivity contribution is -0.132. The maximum absolute atomic E-state index is 13.3. The number of hydrogen-bond donors (Lipinski definition) is 1. The number of aryl methyl sites for hydroxylation is 1. The van der Waals surface area contributed by atoms with Crippen LogP contribution < -0.4 is 9.64 Å². The highest BCUT2D eigenvalue weighted by atomic mass is 35.5. The molecule has 6 nitrogen and oxygen atoms in total. The van der Waals surface area contributed by atoms with Gasteiger partial charge in [-0.1, -0.05) is 40.9 Å². The fourth-order valence-corrected chi connectivity index (χ4v) is 4.71. The molecule has 1 saturated heterocycles. The lowest BCUT2D eigenvalue weighted by atomic mass is 9.95. The highest BCUT2D eigenvalue weighted by Crippen LogP contribution is 2.45. The smallest absolute Gasteiger partial charge is 0.300 e. The minimum Gasteiger partial charge on any atom is -0.507 e. The topological polar surface area (TPSA) is 79.7 Å². The van der Waals surface area contributed by atoms with Gasteiger partial charge in [0, 0.05) is 28.1 Å². The van der Waals surface area contributed by atoms with Gasteiger partial charge in [-0.05, 0) is 54.4 Å². The zero-order valence-corrected chi connectivity index (χ0v) is 19.7. The number of anilines is 1. The predicted molar refractivity (Wildman–Crippen MR) is 128 cm³/mol. The average molecular weight is 504 g/mol. The lowest BCUT2D eigenvalue weighted by Crippen LogP contribution is -2.30. The van der Waals surface area contributed by atoms with E-state index in [9.17, 15) is 14.7 Å². The highest BCUT2D eigenvalue weighted by molar-refractivity contribution is 6.52. The number of carbonyl (C=O) groups is 2. The number of aliphatic hydroxyl groups is 1. The van der Waals surface area contributed by atoms with Crippen molar-refractivity contribution in [2.24, 2.45) is 0 Å². The van der Waals surface area contributed by atoms with Gasteiger partial charge < -0.3 is 9.84 Å². The van der Waals surface area contributed by atoms with Gasteiger partial charge in [-0.25, -0.2) is 0 Å². The van der Waals surface area contributed by atoms with Gasteiger partial charge in [0.05, 0.1) is 29.3 Å². The SMILES string of the molecule is COc1c(Cl)cc(Cl)cc1/C(O)=C1\C(=O)C(=O)N(c2ccc(Cl)cc2C)C1c1cccnc1. The summed E-state index contributed by atoms with van der Waals surface area (Å²) in [5.41, 5.74) is 1.64. The predicted octanol–water partition coefficient (Wildman–Crippen LogP) is 5.99. The van der Waals surface area contributed by atoms with E-state index in [0.29, 0.717) is 21.8 Å². The maximum atomic E-state index is 13.3. The van der Waals surface area contributed by atoms with Crippen molar-refractivity contribution in [3.63, 3.8) is 0 Å². The summed E-state index contributed by atoms with van der Waals surface area (Å²) in [5.74, 6) is -2.01. The summed E-state index contributed by atoms with van der Waals surface area (Å²) in [7, 11) is 1.38. The molecule has 1 amide bonds. The van der Waals surface area contributed by atoms with Crippen LogP contribution >= 0.6 is 34.8 Å². The number of nitrogens with zero attached hydrogens (tertiary/aromatic N) is 2. The minimum absolute atomic E-state index is 0.0923. The van der Waals surface area contributed by atoms with Crippen molar-refractivity contribution in [3.05, 3.63) is 92.2 Å². The molecule has 3 aromatic rings. The molecule has 1 atom stereocenters. The number of carbonyl (C=O) groups excluding carboxylic acids is 2. The molecule has 1 aromatic heterocycles. The molecule has 168 valence electrons. The zero-order valence-electron chi connectivity index (χ0n) is 17.5. The molecule has 9 heteroatoms. The fraction of sp³-hybridized carbons (Fsp3) is 0.125. The van der Waals surface area contributed by atoms with E-state index in [1.165, 1.54) is 30.3 Å². The number of rotatable bonds is 4. The number of aromatic nitrogens is 1. The molecule has 1 unspecified atom stereocenters. The first kappa shape index (κ1) is 23.1. The molecule has 2 heterocycles. The Hall–Kier alpha value is -3.06. The molecule has 33 heavy (non-hydrogen) atoms. The number of methoxy groups -OCH3 is 1. The average Bonchev–Trinajstić information content (AvgIpc) is 3.04. The summed E-state index contributed by atoms with van der Waals surface area (Å²) in [4.78, 5) is 32.0. The second kappa shape index (κ2) is 9.06. The van der Waals surface area contributed by atoms with Gasteiger partial charge in [0.2, 0.25) is 0 Å². The largest absolute Gasteiger partial charge is 0.507 e. The Labute approximate surface area is 205 Å². The summed E-state index contributed by atoms with van der Waals surface area (Å²) >= 11 is 18.5. The van der Waals surface area contributed by atoms with E-state index in [-0.39, 0.29) is 26.9 Å². The van der Waals surface area contributed by atoms with Gasteiger partial charge in [-0.3, -0.25) is 19.5 Å². The molecule has 2 aromatic carbocycles. The second-order valence-electron chi connectivity index (χ2n) is 7.35. The first-order valence-corrected chi connectivity index (χ1v) is 10.9. The quantitative estimate of drug-likeness (QED) is 0.269. The van der Waals surface area contributed by atoms with E-state index >= 15 is 0 Å². The third-order valence-corrected chi connectivity index (χ3v) is 6.06. The van der Waals surface area contributed by atoms with Crippen LogP contribution in [-0.2, 0) is 9.59 Å². The van der Waals surface area contributed by atoms with Crippen LogP contribution in [0.2, 0.25) is 15.1 Å². The van der Waals surface area contributed by atoms with E-state index in [1.54, 1.807) is 43.5 Å². The molecule has 0 aliphatic carbocycles. The van der Waals surface area contributed by atoms with E-state index in [2.05, 4.69) is 4.98 Å². The van der Waals surface area contributed by atoms with E-state index in [1.807, 2.05) is 0 Å². The number of hydrogen-bond acceptors (Lipinski definition) is 5. The number of halogens is 3. The van der Waals surface area contributed by atoms with Crippen molar-refractivity contribution in [3.8, 4) is 5.75 Å². The molecule has 1 N–H and O–H groups in total. The number of aliphatic hydroxyl groups excluding tert-OH is 1. The number of ketones is 1. The summed E-state index contributed by atoms with van der Waals surface area (Å²) < 4.78 is 5.34. The molecule has 0 saturated carbocycles. The summed E-state index contributed by atoms with van der Waals surface area (Å²) in [6.07, 6.45) is 3.10. The zero-order chi connectivity index (χ0) is 23.9. The number of amides is 1. The van der Waals surface area contributed by atoms with Crippen LogP contribution in [0.25, 0.3) is 5.76 Å². The van der Waals surface area contributed by atoms with Crippen LogP contribution in [0.4, 0.5) is 5.69 Å². The van der Waals surface area contributed by atoms with Crippen molar-refractivity contribution >= 4 is 57.9 Å². The Kier molecular flexibility index (Phi) is 6.34. The van der Waals surface area contributed by atoms with Gasteiger partial charge in [0.25, 0.3) is 11.7 Å². The first-order valence-electron chi connectivity index (χ1n) is 9.75. The summed E-state index contributed by atoms with van der Waals surface area (Å²) in [6.45, 7) is 1.78. The molecule has 4 rings (SSSR count). The number of ether oxygens (including phenoxy) is 1. The van der Waals surface area contributed by atoms with Crippen LogP contribution in [-0.4, -0.2) is 28.9 Å². The van der Waals surface area contributed by atoms with Gasteiger partial charge in [-0.2, -0.15) is 0 Å². The number of pyridine rings is 1. The molecule has 0 spiro atoms. The van der Waals surface area contributed by atoms with E-state index in [4.69, 9.17) is 39.5 Å². The van der Waals surface area contributed by atoms with Crippen LogP contribution in [0.3, 0.4) is 0 Å². The van der Waals surface area contributed by atoms with Crippen LogP contribution in [0.1, 0.15) is 22.7 Å². The van der Waals surface area contributed by atoms with Crippen molar-refractivity contribution < 1.29 is 19.4 Å². The Morgan fingerprint density at radius 1 is 1.09 bits per heavy atom. The summed E-state index contributed by atoms with van der Waals surface area (Å²) in [5, 5.41) is 12.2. The Morgan fingerprint density at radius 3 is 2.48 bits per heavy atom. The first-order chi connectivity index (χ1) is 15.7. The second-order valence-corrected chi connectivity index (χ2v) is 8.63. The van der Waals surface area contributed by atoms with Gasteiger partial charge in [-0.15, -0.1) is 0 Å². The summed E-state index contributed by atoms with van der Waals surface area (Å²) in [6, 6.07) is 10.3. The Morgan fingerprint density at radius 2 is 1.85 bits per heavy atom. The molecular formula is C24H17Cl3N2O4. The normalized spacial score (nSPS) is 17.5. The fourth-order valence-electron chi connectivity index (χ4n) is 3.91.